The topological polar surface area (TPSA) is 24.9 Å². The quantitative estimate of drug-likeness (QED) is 0.903. The predicted octanol–water partition coefficient (Wildman–Crippen LogP) is 3.56. The van der Waals surface area contributed by atoms with Crippen LogP contribution in [0.1, 0.15) is 29.8 Å². The van der Waals surface area contributed by atoms with Crippen molar-refractivity contribution in [1.29, 1.82) is 0 Å². The molecule has 106 valence electrons. The van der Waals surface area contributed by atoms with Gasteiger partial charge in [0.05, 0.1) is 0 Å². The minimum absolute atomic E-state index is 0.0787. The molecule has 20 heavy (non-hydrogen) atoms. The van der Waals surface area contributed by atoms with Crippen LogP contribution in [0.5, 0.6) is 0 Å². The Morgan fingerprint density at radius 1 is 1.20 bits per heavy atom. The third-order valence-corrected chi connectivity index (χ3v) is 3.33. The van der Waals surface area contributed by atoms with Gasteiger partial charge in [0.25, 0.3) is 0 Å². The van der Waals surface area contributed by atoms with Crippen molar-refractivity contribution in [3.8, 4) is 0 Å². The lowest BCUT2D eigenvalue weighted by atomic mass is 9.97. The molecule has 0 radical (unpaired) electrons. The molecule has 2 rings (SSSR count). The third kappa shape index (κ3) is 3.20. The number of halogens is 2. The number of nitrogens with one attached hydrogen (secondary N) is 1. The molecular weight excluding hydrogens is 258 g/mol. The molecule has 0 saturated carbocycles. The van der Waals surface area contributed by atoms with E-state index in [0.717, 1.165) is 23.9 Å². The van der Waals surface area contributed by atoms with E-state index in [0.29, 0.717) is 12.0 Å². The highest BCUT2D eigenvalue weighted by Gasteiger charge is 2.17. The van der Waals surface area contributed by atoms with E-state index in [1.165, 1.54) is 6.07 Å². The van der Waals surface area contributed by atoms with Gasteiger partial charge in [-0.25, -0.2) is 8.78 Å². The van der Waals surface area contributed by atoms with Crippen molar-refractivity contribution >= 4 is 0 Å². The van der Waals surface area contributed by atoms with E-state index in [1.54, 1.807) is 12.3 Å². The summed E-state index contributed by atoms with van der Waals surface area (Å²) < 4.78 is 27.1. The maximum Gasteiger partial charge on any atom is 0.162 e. The lowest BCUT2D eigenvalue weighted by Gasteiger charge is -2.20. The second kappa shape index (κ2) is 6.57. The van der Waals surface area contributed by atoms with Crippen LogP contribution in [-0.2, 0) is 6.42 Å². The summed E-state index contributed by atoms with van der Waals surface area (Å²) in [6.07, 6.45) is 2.12. The number of aromatic nitrogens is 1. The van der Waals surface area contributed by atoms with E-state index in [9.17, 15) is 8.78 Å². The van der Waals surface area contributed by atoms with Crippen LogP contribution in [-0.4, -0.2) is 11.5 Å². The summed E-state index contributed by atoms with van der Waals surface area (Å²) in [5.74, 6) is -1.57. The van der Waals surface area contributed by atoms with Gasteiger partial charge in [0.1, 0.15) is 0 Å². The van der Waals surface area contributed by atoms with Crippen LogP contribution >= 0.6 is 0 Å². The molecule has 1 aromatic carbocycles. The molecule has 0 aliphatic rings. The van der Waals surface area contributed by atoms with Gasteiger partial charge in [-0.1, -0.05) is 25.1 Å². The Kier molecular flexibility index (Phi) is 4.79. The molecule has 0 saturated heterocycles. The number of aryl methyl sites for hydroxylation is 1. The Balaban J connectivity index is 2.31. The zero-order valence-corrected chi connectivity index (χ0v) is 11.7. The second-order valence-corrected chi connectivity index (χ2v) is 4.71. The van der Waals surface area contributed by atoms with Gasteiger partial charge in [-0.3, -0.25) is 4.98 Å². The Morgan fingerprint density at radius 3 is 2.70 bits per heavy atom. The SMILES string of the molecule is CCNC(Cc1cccc(F)c1F)c1cccnc1C. The number of benzene rings is 1. The first-order valence-electron chi connectivity index (χ1n) is 6.71. The van der Waals surface area contributed by atoms with Gasteiger partial charge in [-0.05, 0) is 43.1 Å². The predicted molar refractivity (Wildman–Crippen MR) is 75.5 cm³/mol. The molecule has 0 aliphatic carbocycles. The van der Waals surface area contributed by atoms with E-state index < -0.39 is 11.6 Å². The van der Waals surface area contributed by atoms with E-state index in [2.05, 4.69) is 10.3 Å². The van der Waals surface area contributed by atoms with Gasteiger partial charge in [0.15, 0.2) is 11.6 Å². The Morgan fingerprint density at radius 2 is 2.00 bits per heavy atom. The number of pyridine rings is 1. The summed E-state index contributed by atoms with van der Waals surface area (Å²) in [5.41, 5.74) is 2.28. The zero-order valence-electron chi connectivity index (χ0n) is 11.7. The minimum atomic E-state index is -0.805. The summed E-state index contributed by atoms with van der Waals surface area (Å²) in [7, 11) is 0. The van der Waals surface area contributed by atoms with Crippen molar-refractivity contribution in [2.24, 2.45) is 0 Å². The highest BCUT2D eigenvalue weighted by Crippen LogP contribution is 2.22. The van der Waals surface area contributed by atoms with Crippen LogP contribution < -0.4 is 5.32 Å². The van der Waals surface area contributed by atoms with Crippen LogP contribution in [0.25, 0.3) is 0 Å². The summed E-state index contributed by atoms with van der Waals surface area (Å²) in [5, 5.41) is 3.31. The Hall–Kier alpha value is -1.81. The molecule has 0 fully saturated rings. The standard InChI is InChI=1S/C16H18F2N2/c1-3-19-15(13-7-5-9-20-11(13)2)10-12-6-4-8-14(17)16(12)18/h4-9,15,19H,3,10H2,1-2H3. The first-order chi connectivity index (χ1) is 9.63. The largest absolute Gasteiger partial charge is 0.310 e. The molecule has 2 nitrogen and oxygen atoms in total. The van der Waals surface area contributed by atoms with Crippen LogP contribution in [0, 0.1) is 18.6 Å². The fourth-order valence-corrected chi connectivity index (χ4v) is 2.33. The van der Waals surface area contributed by atoms with E-state index in [-0.39, 0.29) is 6.04 Å². The number of hydrogen-bond acceptors (Lipinski definition) is 2. The molecule has 1 atom stereocenters. The number of nitrogens with zero attached hydrogens (tertiary/aromatic N) is 1. The van der Waals surface area contributed by atoms with Crippen molar-refractivity contribution in [2.45, 2.75) is 26.3 Å². The lowest BCUT2D eigenvalue weighted by molar-refractivity contribution is 0.480. The molecule has 1 N–H and O–H groups in total. The monoisotopic (exact) mass is 276 g/mol. The lowest BCUT2D eigenvalue weighted by Crippen LogP contribution is -2.24. The molecule has 1 heterocycles. The average Bonchev–Trinajstić information content (AvgIpc) is 2.44. The molecule has 1 unspecified atom stereocenters. The smallest absolute Gasteiger partial charge is 0.162 e. The van der Waals surface area contributed by atoms with E-state index >= 15 is 0 Å². The minimum Gasteiger partial charge on any atom is -0.310 e. The summed E-state index contributed by atoms with van der Waals surface area (Å²) >= 11 is 0. The van der Waals surface area contributed by atoms with Gasteiger partial charge in [0.2, 0.25) is 0 Å². The van der Waals surface area contributed by atoms with Crippen molar-refractivity contribution in [2.75, 3.05) is 6.54 Å². The Labute approximate surface area is 117 Å². The molecular formula is C16H18F2N2. The fraction of sp³-hybridized carbons (Fsp3) is 0.312. The van der Waals surface area contributed by atoms with Crippen molar-refractivity contribution in [1.82, 2.24) is 10.3 Å². The summed E-state index contributed by atoms with van der Waals surface area (Å²) in [6.45, 7) is 4.65. The zero-order chi connectivity index (χ0) is 14.5. The first kappa shape index (κ1) is 14.6. The number of likely N-dealkylation sites (N-methyl/N-ethyl adjacent to an activating group) is 1. The van der Waals surface area contributed by atoms with Gasteiger partial charge in [0, 0.05) is 17.9 Å². The van der Waals surface area contributed by atoms with Crippen LogP contribution in [0.15, 0.2) is 36.5 Å². The van der Waals surface area contributed by atoms with E-state index in [1.807, 2.05) is 26.0 Å². The number of rotatable bonds is 5. The molecule has 2 aromatic rings. The molecule has 4 heteroatoms. The van der Waals surface area contributed by atoms with Crippen LogP contribution in [0.4, 0.5) is 8.78 Å². The van der Waals surface area contributed by atoms with Crippen molar-refractivity contribution in [3.63, 3.8) is 0 Å². The Bertz CT molecular complexity index is 584. The van der Waals surface area contributed by atoms with Gasteiger partial charge in [-0.2, -0.15) is 0 Å². The van der Waals surface area contributed by atoms with Gasteiger partial charge >= 0.3 is 0 Å². The van der Waals surface area contributed by atoms with Gasteiger partial charge < -0.3 is 5.32 Å². The highest BCUT2D eigenvalue weighted by atomic mass is 19.2. The van der Waals surface area contributed by atoms with Crippen LogP contribution in [0.2, 0.25) is 0 Å². The molecule has 0 amide bonds. The first-order valence-corrected chi connectivity index (χ1v) is 6.71. The molecule has 0 spiro atoms. The normalized spacial score (nSPS) is 12.4. The fourth-order valence-electron chi connectivity index (χ4n) is 2.33. The van der Waals surface area contributed by atoms with Crippen molar-refractivity contribution < 1.29 is 8.78 Å². The van der Waals surface area contributed by atoms with Gasteiger partial charge in [-0.15, -0.1) is 0 Å². The van der Waals surface area contributed by atoms with Crippen LogP contribution in [0.3, 0.4) is 0 Å². The molecule has 1 aromatic heterocycles. The van der Waals surface area contributed by atoms with E-state index in [4.69, 9.17) is 0 Å². The van der Waals surface area contributed by atoms with Crippen molar-refractivity contribution in [3.05, 3.63) is 65.0 Å². The maximum atomic E-state index is 13.8. The average molecular weight is 276 g/mol. The second-order valence-electron chi connectivity index (χ2n) is 4.71. The highest BCUT2D eigenvalue weighted by molar-refractivity contribution is 5.27. The summed E-state index contributed by atoms with van der Waals surface area (Å²) in [6, 6.07) is 8.03. The molecule has 0 bridgehead atoms. The third-order valence-electron chi connectivity index (χ3n) is 3.33. The summed E-state index contributed by atoms with van der Waals surface area (Å²) in [4.78, 5) is 4.26. The maximum absolute atomic E-state index is 13.8. The molecule has 0 aliphatic heterocycles. The number of hydrogen-bond donors (Lipinski definition) is 1.